The number of halogens is 1. The van der Waals surface area contributed by atoms with E-state index >= 15 is 0 Å². The van der Waals surface area contributed by atoms with Gasteiger partial charge in [0.25, 0.3) is 0 Å². The van der Waals surface area contributed by atoms with E-state index in [1.54, 1.807) is 12.1 Å². The van der Waals surface area contributed by atoms with E-state index in [-0.39, 0.29) is 6.04 Å². The van der Waals surface area contributed by atoms with Gasteiger partial charge in [-0.3, -0.25) is 10.1 Å². The average molecular weight is 238 g/mol. The molecule has 0 aromatic heterocycles. The predicted octanol–water partition coefficient (Wildman–Crippen LogP) is 2.79. The molecule has 1 N–H and O–H groups in total. The zero-order chi connectivity index (χ0) is 12.8. The van der Waals surface area contributed by atoms with Crippen LogP contribution in [0.5, 0.6) is 0 Å². The van der Waals surface area contributed by atoms with E-state index in [1.165, 1.54) is 12.1 Å². The maximum Gasteiger partial charge on any atom is 0.304 e. The van der Waals surface area contributed by atoms with Gasteiger partial charge in [-0.2, -0.15) is 4.39 Å². The molecule has 0 spiro atoms. The highest BCUT2D eigenvalue weighted by Crippen LogP contribution is 2.17. The Bertz CT molecular complexity index is 421. The molecule has 92 valence electrons. The molecule has 0 amide bonds. The Balaban J connectivity index is 2.64. The molecule has 0 radical (unpaired) electrons. The van der Waals surface area contributed by atoms with E-state index in [4.69, 9.17) is 0 Å². The van der Waals surface area contributed by atoms with Crippen LogP contribution >= 0.6 is 0 Å². The van der Waals surface area contributed by atoms with Gasteiger partial charge in [0.05, 0.1) is 4.92 Å². The molecule has 0 aliphatic carbocycles. The van der Waals surface area contributed by atoms with Crippen molar-refractivity contribution in [2.24, 2.45) is 0 Å². The number of nitrogens with one attached hydrogen (secondary N) is 1. The zero-order valence-corrected chi connectivity index (χ0v) is 9.65. The first-order valence-corrected chi connectivity index (χ1v) is 5.31. The third-order valence-corrected chi connectivity index (χ3v) is 2.38. The van der Waals surface area contributed by atoms with Gasteiger partial charge in [0, 0.05) is 18.7 Å². The quantitative estimate of drug-likeness (QED) is 0.471. The molecular weight excluding hydrogens is 223 g/mol. The van der Waals surface area contributed by atoms with Crippen LogP contribution in [0.15, 0.2) is 30.9 Å². The minimum atomic E-state index is -0.800. The Hall–Kier alpha value is -1.75. The van der Waals surface area contributed by atoms with Crippen LogP contribution in [0.2, 0.25) is 0 Å². The molecule has 1 aromatic rings. The first kappa shape index (κ1) is 13.3. The summed E-state index contributed by atoms with van der Waals surface area (Å²) in [5.41, 5.74) is 0.192. The molecule has 0 saturated heterocycles. The smallest absolute Gasteiger partial charge is 0.304 e. The Morgan fingerprint density at radius 1 is 1.65 bits per heavy atom. The summed E-state index contributed by atoms with van der Waals surface area (Å²) in [5.74, 6) is -0.800. The van der Waals surface area contributed by atoms with E-state index < -0.39 is 16.4 Å². The molecule has 0 aliphatic heterocycles. The summed E-state index contributed by atoms with van der Waals surface area (Å²) in [6.07, 6.45) is 2.61. The second-order valence-corrected chi connectivity index (χ2v) is 3.85. The maximum absolute atomic E-state index is 13.3. The predicted molar refractivity (Wildman–Crippen MR) is 64.2 cm³/mol. The third kappa shape index (κ3) is 3.96. The van der Waals surface area contributed by atoms with Crippen molar-refractivity contribution in [2.75, 3.05) is 0 Å². The number of nitrogens with zero attached hydrogens (tertiary/aromatic N) is 1. The fourth-order valence-electron chi connectivity index (χ4n) is 1.43. The lowest BCUT2D eigenvalue weighted by Gasteiger charge is -2.11. The standard InChI is InChI=1S/C12H15FN2O2/c1-3-4-9(2)14-8-10-5-6-12(15(16)17)11(13)7-10/h3,5-7,9,14H,1,4,8H2,2H3. The summed E-state index contributed by atoms with van der Waals surface area (Å²) < 4.78 is 13.3. The van der Waals surface area contributed by atoms with Crippen LogP contribution in [-0.2, 0) is 6.54 Å². The number of nitro benzene ring substituents is 1. The second-order valence-electron chi connectivity index (χ2n) is 3.85. The molecular formula is C12H15FN2O2. The summed E-state index contributed by atoms with van der Waals surface area (Å²) >= 11 is 0. The van der Waals surface area contributed by atoms with Gasteiger partial charge in [-0.1, -0.05) is 12.1 Å². The molecule has 5 heteroatoms. The second kappa shape index (κ2) is 6.10. The minimum absolute atomic E-state index is 0.241. The van der Waals surface area contributed by atoms with Crippen molar-refractivity contribution in [3.05, 3.63) is 52.3 Å². The number of nitro groups is 1. The van der Waals surface area contributed by atoms with Crippen molar-refractivity contribution in [2.45, 2.75) is 25.9 Å². The molecule has 0 bridgehead atoms. The van der Waals surface area contributed by atoms with Gasteiger partial charge in [0.1, 0.15) is 0 Å². The highest BCUT2D eigenvalue weighted by atomic mass is 19.1. The van der Waals surface area contributed by atoms with Crippen LogP contribution in [0, 0.1) is 15.9 Å². The highest BCUT2D eigenvalue weighted by Gasteiger charge is 2.13. The van der Waals surface area contributed by atoms with Crippen molar-refractivity contribution in [1.29, 1.82) is 0 Å². The molecule has 0 aliphatic rings. The maximum atomic E-state index is 13.3. The van der Waals surface area contributed by atoms with Crippen LogP contribution in [-0.4, -0.2) is 11.0 Å². The zero-order valence-electron chi connectivity index (χ0n) is 9.65. The van der Waals surface area contributed by atoms with Crippen molar-refractivity contribution < 1.29 is 9.31 Å². The molecule has 0 fully saturated rings. The van der Waals surface area contributed by atoms with Gasteiger partial charge in [-0.05, 0) is 25.0 Å². The molecule has 0 saturated carbocycles. The Morgan fingerprint density at radius 2 is 2.35 bits per heavy atom. The number of benzene rings is 1. The molecule has 1 rings (SSSR count). The van der Waals surface area contributed by atoms with E-state index in [9.17, 15) is 14.5 Å². The lowest BCUT2D eigenvalue weighted by atomic mass is 10.1. The van der Waals surface area contributed by atoms with Crippen molar-refractivity contribution in [1.82, 2.24) is 5.32 Å². The molecule has 4 nitrogen and oxygen atoms in total. The van der Waals surface area contributed by atoms with Gasteiger partial charge in [0.15, 0.2) is 0 Å². The van der Waals surface area contributed by atoms with Gasteiger partial charge in [-0.15, -0.1) is 6.58 Å². The summed E-state index contributed by atoms with van der Waals surface area (Å²) in [6, 6.07) is 4.16. The molecule has 1 aromatic carbocycles. The fourth-order valence-corrected chi connectivity index (χ4v) is 1.43. The minimum Gasteiger partial charge on any atom is -0.310 e. The number of hydrogen-bond acceptors (Lipinski definition) is 3. The van der Waals surface area contributed by atoms with Crippen molar-refractivity contribution >= 4 is 5.69 Å². The van der Waals surface area contributed by atoms with Crippen LogP contribution in [0.1, 0.15) is 18.9 Å². The average Bonchev–Trinajstić information content (AvgIpc) is 2.26. The fraction of sp³-hybridized carbons (Fsp3) is 0.333. The van der Waals surface area contributed by atoms with E-state index in [0.29, 0.717) is 12.1 Å². The van der Waals surface area contributed by atoms with Crippen molar-refractivity contribution in [3.8, 4) is 0 Å². The van der Waals surface area contributed by atoms with Crippen LogP contribution in [0.4, 0.5) is 10.1 Å². The Kier molecular flexibility index (Phi) is 4.78. The highest BCUT2D eigenvalue weighted by molar-refractivity contribution is 5.34. The number of hydrogen-bond donors (Lipinski definition) is 1. The number of rotatable bonds is 6. The summed E-state index contributed by atoms with van der Waals surface area (Å²) in [7, 11) is 0. The van der Waals surface area contributed by atoms with Crippen LogP contribution in [0.25, 0.3) is 0 Å². The molecule has 0 heterocycles. The van der Waals surface area contributed by atoms with Gasteiger partial charge >= 0.3 is 5.69 Å². The summed E-state index contributed by atoms with van der Waals surface area (Å²) in [4.78, 5) is 9.69. The van der Waals surface area contributed by atoms with E-state index in [1.807, 2.05) is 6.92 Å². The van der Waals surface area contributed by atoms with Crippen molar-refractivity contribution in [3.63, 3.8) is 0 Å². The first-order valence-electron chi connectivity index (χ1n) is 5.31. The van der Waals surface area contributed by atoms with E-state index in [2.05, 4.69) is 11.9 Å². The molecule has 1 atom stereocenters. The van der Waals surface area contributed by atoms with Crippen LogP contribution in [0.3, 0.4) is 0 Å². The normalized spacial score (nSPS) is 12.1. The summed E-state index contributed by atoms with van der Waals surface area (Å²) in [5, 5.41) is 13.6. The topological polar surface area (TPSA) is 55.2 Å². The Labute approximate surface area is 99.3 Å². The largest absolute Gasteiger partial charge is 0.310 e. The first-order chi connectivity index (χ1) is 8.04. The lowest BCUT2D eigenvalue weighted by Crippen LogP contribution is -2.24. The monoisotopic (exact) mass is 238 g/mol. The SMILES string of the molecule is C=CCC(C)NCc1ccc([N+](=O)[O-])c(F)c1. The summed E-state index contributed by atoms with van der Waals surface area (Å²) in [6.45, 7) is 6.09. The van der Waals surface area contributed by atoms with Gasteiger partial charge < -0.3 is 5.32 Å². The molecule has 17 heavy (non-hydrogen) atoms. The van der Waals surface area contributed by atoms with Gasteiger partial charge in [-0.25, -0.2) is 0 Å². The third-order valence-electron chi connectivity index (χ3n) is 2.38. The van der Waals surface area contributed by atoms with Crippen LogP contribution < -0.4 is 5.32 Å². The lowest BCUT2D eigenvalue weighted by molar-refractivity contribution is -0.387. The Morgan fingerprint density at radius 3 is 2.88 bits per heavy atom. The van der Waals surface area contributed by atoms with E-state index in [0.717, 1.165) is 6.42 Å². The molecule has 1 unspecified atom stereocenters. The van der Waals surface area contributed by atoms with Gasteiger partial charge in [0.2, 0.25) is 5.82 Å².